The highest BCUT2D eigenvalue weighted by Gasteiger charge is 2.43. The van der Waals surface area contributed by atoms with Crippen LogP contribution in [-0.4, -0.2) is 48.6 Å². The Labute approximate surface area is 193 Å². The molecule has 2 aliphatic heterocycles. The second-order valence-electron chi connectivity index (χ2n) is 8.50. The highest BCUT2D eigenvalue weighted by Crippen LogP contribution is 2.40. The molecule has 7 nitrogen and oxygen atoms in total. The van der Waals surface area contributed by atoms with E-state index in [9.17, 15) is 4.79 Å². The van der Waals surface area contributed by atoms with E-state index >= 15 is 0 Å². The van der Waals surface area contributed by atoms with Crippen molar-refractivity contribution in [2.75, 3.05) is 24.5 Å². The van der Waals surface area contributed by atoms with Gasteiger partial charge in [-0.05, 0) is 25.0 Å². The van der Waals surface area contributed by atoms with Crippen molar-refractivity contribution in [3.8, 4) is 11.1 Å². The third-order valence-electron chi connectivity index (χ3n) is 5.95. The number of halogens is 1. The number of amides is 1. The van der Waals surface area contributed by atoms with Crippen molar-refractivity contribution >= 4 is 35.2 Å². The van der Waals surface area contributed by atoms with E-state index in [0.29, 0.717) is 11.6 Å². The number of piperidine rings is 1. The van der Waals surface area contributed by atoms with Crippen molar-refractivity contribution < 1.29 is 9.53 Å². The first-order chi connectivity index (χ1) is 15.4. The molecule has 0 bridgehead atoms. The number of nitrogens with zero attached hydrogens (tertiary/aromatic N) is 3. The van der Waals surface area contributed by atoms with Gasteiger partial charge in [0.1, 0.15) is 5.60 Å². The molecule has 1 aromatic carbocycles. The van der Waals surface area contributed by atoms with E-state index in [0.717, 1.165) is 53.9 Å². The fourth-order valence-electron chi connectivity index (χ4n) is 4.16. The van der Waals surface area contributed by atoms with Crippen LogP contribution >= 0.6 is 11.6 Å². The molecular formula is C24H28ClN5O2. The smallest absolute Gasteiger partial charge is 0.407 e. The van der Waals surface area contributed by atoms with E-state index in [4.69, 9.17) is 22.1 Å². The second kappa shape index (κ2) is 9.20. The van der Waals surface area contributed by atoms with Gasteiger partial charge in [-0.25, -0.2) is 4.79 Å². The Balaban J connectivity index is 1.58. The number of ether oxygens (including phenoxy) is 1. The number of aromatic nitrogens is 1. The first kappa shape index (κ1) is 22.1. The van der Waals surface area contributed by atoms with Crippen LogP contribution in [0.25, 0.3) is 16.7 Å². The van der Waals surface area contributed by atoms with Crippen molar-refractivity contribution in [3.05, 3.63) is 53.4 Å². The minimum atomic E-state index is -0.405. The summed E-state index contributed by atoms with van der Waals surface area (Å²) in [6.07, 6.45) is 8.07. The van der Waals surface area contributed by atoms with Gasteiger partial charge in [0.25, 0.3) is 0 Å². The third-order valence-corrected chi connectivity index (χ3v) is 6.23. The standard InChI is InChI=1S/C24H28ClN5O2/c1-16(2)28-12-19(11-26)17-3-5-18(6-4-17)20-13-27-14-21(25)22(20)30-9-7-24(8-10-30)15-29-23(31)32-24/h3-6,11-14,16H,7-10,15,26H2,1-2H3,(H,29,31). The molecule has 168 valence electrons. The van der Waals surface area contributed by atoms with Crippen molar-refractivity contribution in [2.24, 2.45) is 10.7 Å². The van der Waals surface area contributed by atoms with Crippen molar-refractivity contribution in [1.29, 1.82) is 0 Å². The van der Waals surface area contributed by atoms with Gasteiger partial charge in [-0.15, -0.1) is 0 Å². The molecule has 1 amide bonds. The fraction of sp³-hybridized carbons (Fsp3) is 0.375. The number of anilines is 1. The lowest BCUT2D eigenvalue weighted by molar-refractivity contribution is 0.0367. The number of alkyl carbamates (subject to hydrolysis) is 1. The van der Waals surface area contributed by atoms with Gasteiger partial charge in [0, 0.05) is 67.9 Å². The number of hydrogen-bond acceptors (Lipinski definition) is 6. The van der Waals surface area contributed by atoms with Crippen molar-refractivity contribution in [2.45, 2.75) is 38.3 Å². The van der Waals surface area contributed by atoms with Crippen LogP contribution in [0.2, 0.25) is 5.02 Å². The van der Waals surface area contributed by atoms with Crippen molar-refractivity contribution in [3.63, 3.8) is 0 Å². The Morgan fingerprint density at radius 1 is 1.28 bits per heavy atom. The van der Waals surface area contributed by atoms with Gasteiger partial charge in [-0.3, -0.25) is 9.98 Å². The van der Waals surface area contributed by atoms with Crippen LogP contribution in [0.3, 0.4) is 0 Å². The predicted molar refractivity (Wildman–Crippen MR) is 129 cm³/mol. The Bertz CT molecular complexity index is 1040. The zero-order valence-electron chi connectivity index (χ0n) is 18.3. The number of rotatable bonds is 5. The Morgan fingerprint density at radius 3 is 2.59 bits per heavy atom. The highest BCUT2D eigenvalue weighted by molar-refractivity contribution is 6.33. The van der Waals surface area contributed by atoms with E-state index in [1.54, 1.807) is 18.6 Å². The van der Waals surface area contributed by atoms with Gasteiger partial charge in [0.05, 0.1) is 17.3 Å². The molecular weight excluding hydrogens is 426 g/mol. The zero-order valence-corrected chi connectivity index (χ0v) is 19.1. The number of aliphatic imine (C=N–C) groups is 1. The molecule has 2 aromatic rings. The molecule has 2 saturated heterocycles. The highest BCUT2D eigenvalue weighted by atomic mass is 35.5. The molecule has 3 heterocycles. The first-order valence-electron chi connectivity index (χ1n) is 10.8. The summed E-state index contributed by atoms with van der Waals surface area (Å²) in [5.41, 5.74) is 10.2. The van der Waals surface area contributed by atoms with Gasteiger partial charge in [0.2, 0.25) is 0 Å². The minimum absolute atomic E-state index is 0.205. The summed E-state index contributed by atoms with van der Waals surface area (Å²) in [6.45, 7) is 6.11. The van der Waals surface area contributed by atoms with E-state index in [1.165, 1.54) is 0 Å². The molecule has 0 atom stereocenters. The maximum absolute atomic E-state index is 11.5. The average Bonchev–Trinajstić information content (AvgIpc) is 3.15. The summed E-state index contributed by atoms with van der Waals surface area (Å²) in [5.74, 6) is 0. The Morgan fingerprint density at radius 2 is 2.00 bits per heavy atom. The van der Waals surface area contributed by atoms with E-state index in [2.05, 4.69) is 20.2 Å². The van der Waals surface area contributed by atoms with Crippen LogP contribution in [0, 0.1) is 0 Å². The molecule has 0 radical (unpaired) electrons. The molecule has 3 N–H and O–H groups in total. The number of pyridine rings is 1. The van der Waals surface area contributed by atoms with E-state index in [1.807, 2.05) is 44.3 Å². The zero-order chi connectivity index (χ0) is 22.7. The lowest BCUT2D eigenvalue weighted by Gasteiger charge is -2.39. The largest absolute Gasteiger partial charge is 0.441 e. The number of nitrogens with one attached hydrogen (secondary N) is 1. The SMILES string of the molecule is CC(C)N=CC(=CN)c1ccc(-c2cncc(Cl)c2N2CCC3(CC2)CNC(=O)O3)cc1. The second-order valence-corrected chi connectivity index (χ2v) is 8.91. The molecule has 2 aliphatic rings. The number of hydrogen-bond donors (Lipinski definition) is 2. The van der Waals surface area contributed by atoms with Gasteiger partial charge in [-0.1, -0.05) is 35.9 Å². The topological polar surface area (TPSA) is 92.8 Å². The van der Waals surface area contributed by atoms with Gasteiger partial charge in [-0.2, -0.15) is 0 Å². The molecule has 2 fully saturated rings. The molecule has 1 aromatic heterocycles. The lowest BCUT2D eigenvalue weighted by atomic mass is 9.91. The summed E-state index contributed by atoms with van der Waals surface area (Å²) in [6, 6.07) is 8.36. The maximum atomic E-state index is 11.5. The molecule has 0 saturated carbocycles. The molecule has 0 unspecified atom stereocenters. The van der Waals surface area contributed by atoms with Crippen LogP contribution in [0.4, 0.5) is 10.5 Å². The average molecular weight is 454 g/mol. The third kappa shape index (κ3) is 4.58. The Hall–Kier alpha value is -3.06. The molecule has 32 heavy (non-hydrogen) atoms. The fourth-order valence-corrected chi connectivity index (χ4v) is 4.44. The molecule has 1 spiro atoms. The summed E-state index contributed by atoms with van der Waals surface area (Å²) in [7, 11) is 0. The summed E-state index contributed by atoms with van der Waals surface area (Å²) < 4.78 is 5.55. The van der Waals surface area contributed by atoms with E-state index in [-0.39, 0.29) is 12.1 Å². The monoisotopic (exact) mass is 453 g/mol. The number of allylic oxidation sites excluding steroid dienone is 1. The molecule has 8 heteroatoms. The minimum Gasteiger partial charge on any atom is -0.441 e. The summed E-state index contributed by atoms with van der Waals surface area (Å²) in [5, 5.41) is 3.39. The Kier molecular flexibility index (Phi) is 6.37. The predicted octanol–water partition coefficient (Wildman–Crippen LogP) is 4.26. The number of nitrogens with two attached hydrogens (primary N) is 1. The summed E-state index contributed by atoms with van der Waals surface area (Å²) >= 11 is 6.62. The van der Waals surface area contributed by atoms with Crippen LogP contribution in [0.5, 0.6) is 0 Å². The van der Waals surface area contributed by atoms with Crippen LogP contribution in [-0.2, 0) is 4.74 Å². The number of benzene rings is 1. The maximum Gasteiger partial charge on any atom is 0.407 e. The quantitative estimate of drug-likeness (QED) is 0.660. The molecule has 4 rings (SSSR count). The first-order valence-corrected chi connectivity index (χ1v) is 11.2. The number of carbonyl (C=O) groups excluding carboxylic acids is 1. The van der Waals surface area contributed by atoms with Gasteiger partial charge in [0.15, 0.2) is 0 Å². The van der Waals surface area contributed by atoms with Crippen molar-refractivity contribution in [1.82, 2.24) is 10.3 Å². The number of carbonyl (C=O) groups is 1. The van der Waals surface area contributed by atoms with Crippen LogP contribution in [0.1, 0.15) is 32.3 Å². The van der Waals surface area contributed by atoms with Crippen LogP contribution in [0.15, 0.2) is 47.9 Å². The van der Waals surface area contributed by atoms with Gasteiger partial charge < -0.3 is 20.7 Å². The summed E-state index contributed by atoms with van der Waals surface area (Å²) in [4.78, 5) is 22.6. The van der Waals surface area contributed by atoms with Gasteiger partial charge >= 0.3 is 6.09 Å². The van der Waals surface area contributed by atoms with E-state index < -0.39 is 5.60 Å². The van der Waals surface area contributed by atoms with Crippen LogP contribution < -0.4 is 16.0 Å². The normalized spacial score (nSPS) is 18.4. The lowest BCUT2D eigenvalue weighted by Crippen LogP contribution is -2.46. The molecule has 0 aliphatic carbocycles.